The zero-order valence-corrected chi connectivity index (χ0v) is 20.9. The van der Waals surface area contributed by atoms with Gasteiger partial charge in [0, 0.05) is 18.7 Å². The van der Waals surface area contributed by atoms with E-state index in [-0.39, 0.29) is 29.8 Å². The van der Waals surface area contributed by atoms with E-state index in [0.29, 0.717) is 41.5 Å². The maximum atomic E-state index is 13.2. The van der Waals surface area contributed by atoms with Crippen molar-refractivity contribution in [3.8, 4) is 22.1 Å². The average Bonchev–Trinajstić information content (AvgIpc) is 3.52. The Labute approximate surface area is 211 Å². The number of nitrogens with zero attached hydrogens (tertiary/aromatic N) is 4. The van der Waals surface area contributed by atoms with Gasteiger partial charge in [0.15, 0.2) is 5.82 Å². The maximum Gasteiger partial charge on any atom is 0.243 e. The van der Waals surface area contributed by atoms with Crippen molar-refractivity contribution < 1.29 is 22.3 Å². The SMILES string of the molecule is COc1ccc(N2CCC2=O)cc1-n1c(NS(=O)(=O)CCc2ccc(F)cc2)nnc1-c1cccs1. The molecular formula is C24H22FN5O4S2. The summed E-state index contributed by atoms with van der Waals surface area (Å²) in [6.45, 7) is 0.605. The van der Waals surface area contributed by atoms with Crippen LogP contribution in [0.2, 0.25) is 0 Å². The number of ether oxygens (including phenoxy) is 1. The van der Waals surface area contributed by atoms with Crippen LogP contribution < -0.4 is 14.4 Å². The number of aromatic nitrogens is 3. The molecule has 1 aliphatic heterocycles. The Kier molecular flexibility index (Phi) is 6.46. The van der Waals surface area contributed by atoms with Crippen molar-refractivity contribution in [2.75, 3.05) is 29.0 Å². The van der Waals surface area contributed by atoms with E-state index in [1.165, 1.54) is 30.6 Å². The van der Waals surface area contributed by atoms with Crippen molar-refractivity contribution >= 4 is 38.9 Å². The molecule has 5 rings (SSSR count). The number of carbonyl (C=O) groups is 1. The number of sulfonamides is 1. The molecule has 1 fully saturated rings. The molecule has 1 aliphatic rings. The average molecular weight is 528 g/mol. The fourth-order valence-corrected chi connectivity index (χ4v) is 5.56. The Morgan fingerprint density at radius 1 is 1.14 bits per heavy atom. The number of nitrogens with one attached hydrogen (secondary N) is 1. The number of rotatable bonds is 9. The number of amides is 1. The van der Waals surface area contributed by atoms with Crippen molar-refractivity contribution in [1.29, 1.82) is 0 Å². The number of carbonyl (C=O) groups excluding carboxylic acids is 1. The second-order valence-corrected chi connectivity index (χ2v) is 10.9. The summed E-state index contributed by atoms with van der Waals surface area (Å²) in [5, 5.41) is 10.3. The van der Waals surface area contributed by atoms with Gasteiger partial charge in [0.1, 0.15) is 11.6 Å². The Hall–Kier alpha value is -3.77. The van der Waals surface area contributed by atoms with Gasteiger partial charge >= 0.3 is 0 Å². The normalized spacial score (nSPS) is 13.5. The Morgan fingerprint density at radius 3 is 2.58 bits per heavy atom. The van der Waals surface area contributed by atoms with Crippen LogP contribution in [0.4, 0.5) is 16.0 Å². The standard InChI is InChI=1S/C24H22FN5O4S2/c1-34-20-9-8-18(29-12-10-22(29)31)15-19(20)30-23(21-3-2-13-35-21)26-27-24(30)28-36(32,33)14-11-16-4-6-17(25)7-5-16/h2-9,13,15H,10-12,14H2,1H3,(H,27,28). The third-order valence-electron chi connectivity index (χ3n) is 5.79. The first-order valence-electron chi connectivity index (χ1n) is 11.1. The molecule has 0 aliphatic carbocycles. The lowest BCUT2D eigenvalue weighted by Crippen LogP contribution is -2.43. The molecule has 3 heterocycles. The van der Waals surface area contributed by atoms with Crippen LogP contribution in [0.15, 0.2) is 60.0 Å². The summed E-state index contributed by atoms with van der Waals surface area (Å²) in [4.78, 5) is 14.5. The molecule has 2 aromatic heterocycles. The highest BCUT2D eigenvalue weighted by atomic mass is 32.2. The van der Waals surface area contributed by atoms with Crippen LogP contribution in [0.25, 0.3) is 16.4 Å². The van der Waals surface area contributed by atoms with Crippen LogP contribution in [-0.4, -0.2) is 48.5 Å². The Balaban J connectivity index is 1.53. The predicted molar refractivity (Wildman–Crippen MR) is 136 cm³/mol. The number of thiophene rings is 1. The highest BCUT2D eigenvalue weighted by Crippen LogP contribution is 2.36. The van der Waals surface area contributed by atoms with Crippen molar-refractivity contribution in [3.63, 3.8) is 0 Å². The number of aryl methyl sites for hydroxylation is 1. The molecule has 186 valence electrons. The molecule has 1 amide bonds. The third kappa shape index (κ3) is 4.82. The number of β-lactam (4-membered cyclic amide) rings is 1. The van der Waals surface area contributed by atoms with Crippen molar-refractivity contribution in [2.45, 2.75) is 12.8 Å². The van der Waals surface area contributed by atoms with E-state index in [1.807, 2.05) is 17.5 Å². The lowest BCUT2D eigenvalue weighted by Gasteiger charge is -2.31. The molecular weight excluding hydrogens is 505 g/mol. The Bertz CT molecular complexity index is 1500. The van der Waals surface area contributed by atoms with Crippen LogP contribution in [0.3, 0.4) is 0 Å². The van der Waals surface area contributed by atoms with Gasteiger partial charge in [0.25, 0.3) is 0 Å². The van der Waals surface area contributed by atoms with Gasteiger partial charge in [-0.2, -0.15) is 0 Å². The van der Waals surface area contributed by atoms with Crippen LogP contribution in [0.5, 0.6) is 5.75 Å². The van der Waals surface area contributed by atoms with Gasteiger partial charge in [-0.3, -0.25) is 14.1 Å². The molecule has 0 unspecified atom stereocenters. The second-order valence-electron chi connectivity index (χ2n) is 8.11. The summed E-state index contributed by atoms with van der Waals surface area (Å²) in [7, 11) is -2.34. The fraction of sp³-hybridized carbons (Fsp3) is 0.208. The molecule has 0 bridgehead atoms. The van der Waals surface area contributed by atoms with Gasteiger partial charge in [0.2, 0.25) is 21.9 Å². The van der Waals surface area contributed by atoms with Gasteiger partial charge in [-0.1, -0.05) is 18.2 Å². The first kappa shape index (κ1) is 23.9. The highest BCUT2D eigenvalue weighted by molar-refractivity contribution is 7.92. The van der Waals surface area contributed by atoms with E-state index in [4.69, 9.17) is 4.74 Å². The van der Waals surface area contributed by atoms with Crippen molar-refractivity contribution in [3.05, 3.63) is 71.4 Å². The summed E-state index contributed by atoms with van der Waals surface area (Å²) >= 11 is 1.43. The van der Waals surface area contributed by atoms with E-state index < -0.39 is 10.0 Å². The van der Waals surface area contributed by atoms with Gasteiger partial charge in [-0.05, 0) is 53.8 Å². The van der Waals surface area contributed by atoms with Crippen LogP contribution >= 0.6 is 11.3 Å². The van der Waals surface area contributed by atoms with Gasteiger partial charge in [-0.15, -0.1) is 21.5 Å². The quantitative estimate of drug-likeness (QED) is 0.331. The van der Waals surface area contributed by atoms with E-state index in [0.717, 1.165) is 4.88 Å². The molecule has 0 spiro atoms. The minimum Gasteiger partial charge on any atom is -0.495 e. The molecule has 2 aromatic carbocycles. The van der Waals surface area contributed by atoms with Crippen molar-refractivity contribution in [2.24, 2.45) is 0 Å². The smallest absolute Gasteiger partial charge is 0.243 e. The van der Waals surface area contributed by atoms with Crippen LogP contribution in [-0.2, 0) is 21.2 Å². The predicted octanol–water partition coefficient (Wildman–Crippen LogP) is 3.86. The molecule has 0 saturated carbocycles. The zero-order valence-electron chi connectivity index (χ0n) is 19.2. The monoisotopic (exact) mass is 527 g/mol. The Morgan fingerprint density at radius 2 is 1.94 bits per heavy atom. The zero-order chi connectivity index (χ0) is 25.3. The molecule has 1 N–H and O–H groups in total. The number of methoxy groups -OCH3 is 1. The van der Waals surface area contributed by atoms with Gasteiger partial charge < -0.3 is 9.64 Å². The molecule has 0 radical (unpaired) electrons. The van der Waals surface area contributed by atoms with E-state index >= 15 is 0 Å². The minimum atomic E-state index is -3.85. The minimum absolute atomic E-state index is 0.00933. The van der Waals surface area contributed by atoms with Crippen LogP contribution in [0, 0.1) is 5.82 Å². The molecule has 4 aromatic rings. The summed E-state index contributed by atoms with van der Waals surface area (Å²) in [5.74, 6) is 0.255. The number of benzene rings is 2. The molecule has 0 atom stereocenters. The highest BCUT2D eigenvalue weighted by Gasteiger charge is 2.28. The summed E-state index contributed by atoms with van der Waals surface area (Å²) in [6, 6.07) is 14.7. The number of halogens is 1. The maximum absolute atomic E-state index is 13.2. The molecule has 12 heteroatoms. The summed E-state index contributed by atoms with van der Waals surface area (Å²) in [6.07, 6.45) is 0.672. The second kappa shape index (κ2) is 9.70. The van der Waals surface area contributed by atoms with Gasteiger partial charge in [0.05, 0.1) is 23.4 Å². The van der Waals surface area contributed by atoms with Crippen molar-refractivity contribution in [1.82, 2.24) is 14.8 Å². The lowest BCUT2D eigenvalue weighted by atomic mass is 10.1. The summed E-state index contributed by atoms with van der Waals surface area (Å²) < 4.78 is 48.9. The first-order chi connectivity index (χ1) is 17.3. The van der Waals surface area contributed by atoms with E-state index in [1.54, 1.807) is 39.8 Å². The first-order valence-corrected chi connectivity index (χ1v) is 13.6. The van der Waals surface area contributed by atoms with Crippen LogP contribution in [0.1, 0.15) is 12.0 Å². The number of hydrogen-bond donors (Lipinski definition) is 1. The largest absolute Gasteiger partial charge is 0.495 e. The topological polar surface area (TPSA) is 106 Å². The summed E-state index contributed by atoms with van der Waals surface area (Å²) in [5.41, 5.74) is 1.84. The lowest BCUT2D eigenvalue weighted by molar-refractivity contribution is -0.122. The molecule has 9 nitrogen and oxygen atoms in total. The van der Waals surface area contributed by atoms with Gasteiger partial charge in [-0.25, -0.2) is 12.8 Å². The van der Waals surface area contributed by atoms with E-state index in [2.05, 4.69) is 14.9 Å². The number of hydrogen-bond acceptors (Lipinski definition) is 7. The molecule has 36 heavy (non-hydrogen) atoms. The number of anilines is 2. The van der Waals surface area contributed by atoms with E-state index in [9.17, 15) is 17.6 Å². The molecule has 1 saturated heterocycles. The fourth-order valence-electron chi connectivity index (χ4n) is 3.85. The third-order valence-corrected chi connectivity index (χ3v) is 7.89.